The van der Waals surface area contributed by atoms with Crippen molar-refractivity contribution in [2.75, 3.05) is 7.05 Å². The highest BCUT2D eigenvalue weighted by molar-refractivity contribution is 5.67. The van der Waals surface area contributed by atoms with Gasteiger partial charge in [-0.1, -0.05) is 44.2 Å². The van der Waals surface area contributed by atoms with E-state index in [2.05, 4.69) is 43.4 Å². The van der Waals surface area contributed by atoms with Crippen LogP contribution in [-0.2, 0) is 6.54 Å². The highest BCUT2D eigenvalue weighted by atomic mass is 19.1. The predicted molar refractivity (Wildman–Crippen MR) is 78.7 cm³/mol. The Bertz CT molecular complexity index is 544. The van der Waals surface area contributed by atoms with Gasteiger partial charge in [-0.05, 0) is 47.4 Å². The van der Waals surface area contributed by atoms with Crippen LogP contribution in [0.1, 0.15) is 30.9 Å². The minimum Gasteiger partial charge on any atom is -0.316 e. The Morgan fingerprint density at radius 3 is 2.32 bits per heavy atom. The second-order valence-corrected chi connectivity index (χ2v) is 5.11. The molecule has 0 spiro atoms. The predicted octanol–water partition coefficient (Wildman–Crippen LogP) is 4.34. The van der Waals surface area contributed by atoms with Crippen LogP contribution in [0.4, 0.5) is 4.39 Å². The van der Waals surface area contributed by atoms with Gasteiger partial charge in [0.25, 0.3) is 0 Å². The average Bonchev–Trinajstić information content (AvgIpc) is 2.39. The number of hydrogen-bond acceptors (Lipinski definition) is 1. The van der Waals surface area contributed by atoms with Gasteiger partial charge in [-0.15, -0.1) is 0 Å². The SMILES string of the molecule is CNCc1cc(F)ccc1-c1ccc(C(C)C)cc1. The van der Waals surface area contributed by atoms with E-state index in [0.29, 0.717) is 12.5 Å². The van der Waals surface area contributed by atoms with Crippen LogP contribution < -0.4 is 5.32 Å². The molecule has 0 bridgehead atoms. The van der Waals surface area contributed by atoms with E-state index in [0.717, 1.165) is 16.7 Å². The Morgan fingerprint density at radius 1 is 1.05 bits per heavy atom. The molecule has 0 saturated heterocycles. The summed E-state index contributed by atoms with van der Waals surface area (Å²) in [6.45, 7) is 5.03. The van der Waals surface area contributed by atoms with Crippen molar-refractivity contribution in [1.82, 2.24) is 5.32 Å². The average molecular weight is 257 g/mol. The molecular formula is C17H20FN. The van der Waals surface area contributed by atoms with Gasteiger partial charge in [0.1, 0.15) is 5.82 Å². The first-order chi connectivity index (χ1) is 9.11. The standard InChI is InChI=1S/C17H20FN/c1-12(2)13-4-6-14(7-5-13)17-9-8-16(18)10-15(17)11-19-3/h4-10,12,19H,11H2,1-3H3. The lowest BCUT2D eigenvalue weighted by molar-refractivity contribution is 0.624. The second-order valence-electron chi connectivity index (χ2n) is 5.11. The summed E-state index contributed by atoms with van der Waals surface area (Å²) in [5, 5.41) is 3.08. The van der Waals surface area contributed by atoms with Gasteiger partial charge >= 0.3 is 0 Å². The van der Waals surface area contributed by atoms with Crippen molar-refractivity contribution in [1.29, 1.82) is 0 Å². The molecule has 2 aromatic carbocycles. The quantitative estimate of drug-likeness (QED) is 0.859. The van der Waals surface area contributed by atoms with Crippen molar-refractivity contribution in [3.63, 3.8) is 0 Å². The maximum atomic E-state index is 13.3. The first-order valence-electron chi connectivity index (χ1n) is 6.65. The van der Waals surface area contributed by atoms with E-state index >= 15 is 0 Å². The highest BCUT2D eigenvalue weighted by Gasteiger charge is 2.07. The van der Waals surface area contributed by atoms with E-state index in [-0.39, 0.29) is 5.82 Å². The third-order valence-electron chi connectivity index (χ3n) is 3.32. The number of benzene rings is 2. The molecule has 1 nitrogen and oxygen atoms in total. The van der Waals surface area contributed by atoms with Crippen LogP contribution >= 0.6 is 0 Å². The molecule has 0 aliphatic heterocycles. The normalized spacial score (nSPS) is 11.0. The largest absolute Gasteiger partial charge is 0.316 e. The fourth-order valence-corrected chi connectivity index (χ4v) is 2.23. The molecule has 0 aromatic heterocycles. The van der Waals surface area contributed by atoms with Gasteiger partial charge in [0.2, 0.25) is 0 Å². The molecule has 2 heteroatoms. The number of nitrogens with one attached hydrogen (secondary N) is 1. The molecule has 1 N–H and O–H groups in total. The van der Waals surface area contributed by atoms with Crippen molar-refractivity contribution in [2.24, 2.45) is 0 Å². The third kappa shape index (κ3) is 3.21. The molecule has 0 fully saturated rings. The molecule has 0 heterocycles. The first-order valence-corrected chi connectivity index (χ1v) is 6.65. The molecule has 2 aromatic rings. The maximum Gasteiger partial charge on any atom is 0.123 e. The van der Waals surface area contributed by atoms with Crippen molar-refractivity contribution in [2.45, 2.75) is 26.3 Å². The molecule has 0 unspecified atom stereocenters. The maximum absolute atomic E-state index is 13.3. The van der Waals surface area contributed by atoms with Crippen molar-refractivity contribution in [3.05, 3.63) is 59.4 Å². The van der Waals surface area contributed by atoms with E-state index in [9.17, 15) is 4.39 Å². The van der Waals surface area contributed by atoms with Crippen molar-refractivity contribution >= 4 is 0 Å². The van der Waals surface area contributed by atoms with Crippen LogP contribution in [0.15, 0.2) is 42.5 Å². The smallest absolute Gasteiger partial charge is 0.123 e. The Kier molecular flexibility index (Phi) is 4.33. The fraction of sp³-hybridized carbons (Fsp3) is 0.294. The van der Waals surface area contributed by atoms with Gasteiger partial charge < -0.3 is 5.32 Å². The summed E-state index contributed by atoms with van der Waals surface area (Å²) in [6.07, 6.45) is 0. The molecule has 19 heavy (non-hydrogen) atoms. The molecule has 2 rings (SSSR count). The first kappa shape index (κ1) is 13.8. The van der Waals surface area contributed by atoms with E-state index in [1.54, 1.807) is 6.07 Å². The Morgan fingerprint density at radius 2 is 1.74 bits per heavy atom. The van der Waals surface area contributed by atoms with Gasteiger partial charge in [0.15, 0.2) is 0 Å². The zero-order valence-electron chi connectivity index (χ0n) is 11.7. The molecule has 0 amide bonds. The monoisotopic (exact) mass is 257 g/mol. The zero-order valence-corrected chi connectivity index (χ0v) is 11.7. The van der Waals surface area contributed by atoms with E-state index in [4.69, 9.17) is 0 Å². The van der Waals surface area contributed by atoms with E-state index in [1.807, 2.05) is 13.1 Å². The third-order valence-corrected chi connectivity index (χ3v) is 3.32. The zero-order chi connectivity index (χ0) is 13.8. The van der Waals surface area contributed by atoms with E-state index < -0.39 is 0 Å². The van der Waals surface area contributed by atoms with Crippen LogP contribution in [0.25, 0.3) is 11.1 Å². The number of rotatable bonds is 4. The summed E-state index contributed by atoms with van der Waals surface area (Å²) in [4.78, 5) is 0. The van der Waals surface area contributed by atoms with Crippen LogP contribution in [0.5, 0.6) is 0 Å². The van der Waals surface area contributed by atoms with Crippen LogP contribution in [0, 0.1) is 5.82 Å². The van der Waals surface area contributed by atoms with Crippen molar-refractivity contribution < 1.29 is 4.39 Å². The minimum atomic E-state index is -0.187. The molecule has 100 valence electrons. The Balaban J connectivity index is 2.40. The topological polar surface area (TPSA) is 12.0 Å². The molecule has 0 aliphatic rings. The highest BCUT2D eigenvalue weighted by Crippen LogP contribution is 2.26. The van der Waals surface area contributed by atoms with Gasteiger partial charge in [-0.2, -0.15) is 0 Å². The fourth-order valence-electron chi connectivity index (χ4n) is 2.23. The van der Waals surface area contributed by atoms with Gasteiger partial charge in [0, 0.05) is 6.54 Å². The molecule has 0 atom stereocenters. The summed E-state index contributed by atoms with van der Waals surface area (Å²) in [5.41, 5.74) is 4.53. The van der Waals surface area contributed by atoms with Gasteiger partial charge in [-0.3, -0.25) is 0 Å². The van der Waals surface area contributed by atoms with Crippen LogP contribution in [0.2, 0.25) is 0 Å². The lowest BCUT2D eigenvalue weighted by atomic mass is 9.96. The number of hydrogen-bond donors (Lipinski definition) is 1. The lowest BCUT2D eigenvalue weighted by Gasteiger charge is -2.11. The molecule has 0 radical (unpaired) electrons. The Labute approximate surface area is 114 Å². The van der Waals surface area contributed by atoms with Crippen LogP contribution in [-0.4, -0.2) is 7.05 Å². The lowest BCUT2D eigenvalue weighted by Crippen LogP contribution is -2.06. The molecular weight excluding hydrogens is 237 g/mol. The number of halogens is 1. The second kappa shape index (κ2) is 5.98. The summed E-state index contributed by atoms with van der Waals surface area (Å²) >= 11 is 0. The van der Waals surface area contributed by atoms with Gasteiger partial charge in [-0.25, -0.2) is 4.39 Å². The molecule has 0 aliphatic carbocycles. The summed E-state index contributed by atoms with van der Waals surface area (Å²) in [6, 6.07) is 13.5. The van der Waals surface area contributed by atoms with Crippen molar-refractivity contribution in [3.8, 4) is 11.1 Å². The van der Waals surface area contributed by atoms with E-state index in [1.165, 1.54) is 11.6 Å². The minimum absolute atomic E-state index is 0.187. The summed E-state index contributed by atoms with van der Waals surface area (Å²) in [7, 11) is 1.87. The molecule has 0 saturated carbocycles. The Hall–Kier alpha value is -1.67. The summed E-state index contributed by atoms with van der Waals surface area (Å²) < 4.78 is 13.3. The summed E-state index contributed by atoms with van der Waals surface area (Å²) in [5.74, 6) is 0.340. The van der Waals surface area contributed by atoms with Gasteiger partial charge in [0.05, 0.1) is 0 Å². The van der Waals surface area contributed by atoms with Crippen LogP contribution in [0.3, 0.4) is 0 Å².